The highest BCUT2D eigenvalue weighted by atomic mass is 16.1. The number of nitrogens with zero attached hydrogens (tertiary/aromatic N) is 2. The first-order valence-corrected chi connectivity index (χ1v) is 7.50. The fourth-order valence-electron chi connectivity index (χ4n) is 3.42. The van der Waals surface area contributed by atoms with Crippen molar-refractivity contribution >= 4 is 17.9 Å². The van der Waals surface area contributed by atoms with Crippen molar-refractivity contribution in [2.75, 3.05) is 0 Å². The molecule has 1 aliphatic carbocycles. The highest BCUT2D eigenvalue weighted by Crippen LogP contribution is 2.31. The SMILES string of the molecule is NC1=Nc2cc(C=O)ccc2CN1C1Cc2ccccc2C1. The zero-order valence-corrected chi connectivity index (χ0v) is 12.2. The van der Waals surface area contributed by atoms with Crippen LogP contribution >= 0.6 is 0 Å². The quantitative estimate of drug-likeness (QED) is 0.865. The maximum absolute atomic E-state index is 10.9. The Balaban J connectivity index is 1.63. The van der Waals surface area contributed by atoms with Gasteiger partial charge in [0.15, 0.2) is 5.96 Å². The molecule has 0 saturated carbocycles. The van der Waals surface area contributed by atoms with Crippen LogP contribution in [-0.4, -0.2) is 23.2 Å². The van der Waals surface area contributed by atoms with Crippen LogP contribution in [0.1, 0.15) is 27.0 Å². The predicted molar refractivity (Wildman–Crippen MR) is 86.3 cm³/mol. The van der Waals surface area contributed by atoms with Crippen molar-refractivity contribution in [3.05, 3.63) is 64.7 Å². The molecule has 0 unspecified atom stereocenters. The van der Waals surface area contributed by atoms with Gasteiger partial charge in [-0.25, -0.2) is 4.99 Å². The summed E-state index contributed by atoms with van der Waals surface area (Å²) in [6.45, 7) is 0.752. The Morgan fingerprint density at radius 1 is 1.09 bits per heavy atom. The van der Waals surface area contributed by atoms with Gasteiger partial charge in [-0.3, -0.25) is 4.79 Å². The molecule has 110 valence electrons. The third-order valence-electron chi connectivity index (χ3n) is 4.59. The van der Waals surface area contributed by atoms with Crippen LogP contribution in [0.2, 0.25) is 0 Å². The number of hydrogen-bond acceptors (Lipinski definition) is 4. The van der Waals surface area contributed by atoms with Gasteiger partial charge in [0.05, 0.1) is 5.69 Å². The molecule has 1 heterocycles. The standard InChI is InChI=1S/C18H17N3O/c19-18-20-17-7-12(11-22)5-6-15(17)10-21(18)16-8-13-3-1-2-4-14(13)9-16/h1-7,11,16H,8-10H2,(H2,19,20). The zero-order valence-electron chi connectivity index (χ0n) is 12.2. The summed E-state index contributed by atoms with van der Waals surface area (Å²) in [6, 6.07) is 14.5. The summed E-state index contributed by atoms with van der Waals surface area (Å²) in [7, 11) is 0. The monoisotopic (exact) mass is 291 g/mol. The largest absolute Gasteiger partial charge is 0.369 e. The molecule has 1 aliphatic heterocycles. The van der Waals surface area contributed by atoms with E-state index in [2.05, 4.69) is 34.2 Å². The molecule has 0 aromatic heterocycles. The summed E-state index contributed by atoms with van der Waals surface area (Å²) in [6.07, 6.45) is 2.86. The number of fused-ring (bicyclic) bond motifs is 2. The molecule has 2 aromatic rings. The molecule has 0 atom stereocenters. The van der Waals surface area contributed by atoms with Gasteiger partial charge in [0.1, 0.15) is 6.29 Å². The van der Waals surface area contributed by atoms with Gasteiger partial charge in [0, 0.05) is 18.2 Å². The van der Waals surface area contributed by atoms with E-state index in [0.717, 1.165) is 36.9 Å². The van der Waals surface area contributed by atoms with Crippen molar-refractivity contribution in [3.8, 4) is 0 Å². The Hall–Kier alpha value is -2.62. The zero-order chi connectivity index (χ0) is 15.1. The van der Waals surface area contributed by atoms with Crippen LogP contribution in [0.3, 0.4) is 0 Å². The number of benzene rings is 2. The molecule has 0 saturated heterocycles. The van der Waals surface area contributed by atoms with E-state index in [1.807, 2.05) is 12.1 Å². The number of nitrogens with two attached hydrogens (primary N) is 1. The van der Waals surface area contributed by atoms with Crippen LogP contribution in [0.25, 0.3) is 0 Å². The van der Waals surface area contributed by atoms with Crippen LogP contribution < -0.4 is 5.73 Å². The molecular formula is C18H17N3O. The average molecular weight is 291 g/mol. The summed E-state index contributed by atoms with van der Waals surface area (Å²) < 4.78 is 0. The third-order valence-corrected chi connectivity index (χ3v) is 4.59. The Labute approximate surface area is 129 Å². The van der Waals surface area contributed by atoms with Crippen molar-refractivity contribution in [2.45, 2.75) is 25.4 Å². The number of guanidine groups is 1. The van der Waals surface area contributed by atoms with Crippen LogP contribution in [0.4, 0.5) is 5.69 Å². The number of rotatable bonds is 2. The molecule has 4 heteroatoms. The number of aliphatic imine (C=N–C) groups is 1. The van der Waals surface area contributed by atoms with Gasteiger partial charge in [-0.2, -0.15) is 0 Å². The smallest absolute Gasteiger partial charge is 0.197 e. The third kappa shape index (κ3) is 2.08. The van der Waals surface area contributed by atoms with Crippen LogP contribution in [0.5, 0.6) is 0 Å². The van der Waals surface area contributed by atoms with E-state index in [1.54, 1.807) is 6.07 Å². The molecule has 0 fully saturated rings. The Kier molecular flexibility index (Phi) is 2.96. The van der Waals surface area contributed by atoms with E-state index in [0.29, 0.717) is 17.6 Å². The first kappa shape index (κ1) is 13.1. The molecule has 4 rings (SSSR count). The second-order valence-electron chi connectivity index (χ2n) is 5.93. The van der Waals surface area contributed by atoms with Crippen molar-refractivity contribution in [1.29, 1.82) is 0 Å². The molecule has 2 aromatic carbocycles. The van der Waals surface area contributed by atoms with Gasteiger partial charge in [0.2, 0.25) is 0 Å². The highest BCUT2D eigenvalue weighted by molar-refractivity contribution is 5.86. The van der Waals surface area contributed by atoms with Gasteiger partial charge >= 0.3 is 0 Å². The topological polar surface area (TPSA) is 58.7 Å². The number of carbonyl (C=O) groups is 1. The molecule has 22 heavy (non-hydrogen) atoms. The number of aldehydes is 1. The lowest BCUT2D eigenvalue weighted by Gasteiger charge is -2.33. The van der Waals surface area contributed by atoms with E-state index >= 15 is 0 Å². The fraction of sp³-hybridized carbons (Fsp3) is 0.222. The molecular weight excluding hydrogens is 274 g/mol. The summed E-state index contributed by atoms with van der Waals surface area (Å²) in [5.74, 6) is 0.549. The first-order chi connectivity index (χ1) is 10.7. The second kappa shape index (κ2) is 4.98. The maximum atomic E-state index is 10.9. The van der Waals surface area contributed by atoms with Crippen molar-refractivity contribution in [1.82, 2.24) is 4.90 Å². The van der Waals surface area contributed by atoms with Gasteiger partial charge < -0.3 is 10.6 Å². The summed E-state index contributed by atoms with van der Waals surface area (Å²) in [5.41, 5.74) is 11.6. The van der Waals surface area contributed by atoms with E-state index < -0.39 is 0 Å². The minimum atomic E-state index is 0.361. The summed E-state index contributed by atoms with van der Waals surface area (Å²) in [5, 5.41) is 0. The normalized spacial score (nSPS) is 16.9. The Morgan fingerprint density at radius 2 is 1.82 bits per heavy atom. The molecule has 4 nitrogen and oxygen atoms in total. The van der Waals surface area contributed by atoms with Gasteiger partial charge in [0.25, 0.3) is 0 Å². The van der Waals surface area contributed by atoms with Gasteiger partial charge in [-0.1, -0.05) is 36.4 Å². The highest BCUT2D eigenvalue weighted by Gasteiger charge is 2.30. The Morgan fingerprint density at radius 3 is 2.50 bits per heavy atom. The van der Waals surface area contributed by atoms with Crippen LogP contribution in [0.15, 0.2) is 47.5 Å². The Bertz CT molecular complexity index is 757. The van der Waals surface area contributed by atoms with Gasteiger partial charge in [-0.05, 0) is 35.6 Å². The van der Waals surface area contributed by atoms with Crippen molar-refractivity contribution < 1.29 is 4.79 Å². The van der Waals surface area contributed by atoms with E-state index in [1.165, 1.54) is 11.1 Å². The first-order valence-electron chi connectivity index (χ1n) is 7.50. The predicted octanol–water partition coefficient (Wildman–Crippen LogP) is 2.43. The number of carbonyl (C=O) groups excluding carboxylic acids is 1. The molecule has 0 amide bonds. The lowest BCUT2D eigenvalue weighted by molar-refractivity contribution is 0.112. The second-order valence-corrected chi connectivity index (χ2v) is 5.93. The molecule has 0 radical (unpaired) electrons. The van der Waals surface area contributed by atoms with Crippen molar-refractivity contribution in [2.24, 2.45) is 10.7 Å². The minimum Gasteiger partial charge on any atom is -0.369 e. The van der Waals surface area contributed by atoms with Gasteiger partial charge in [-0.15, -0.1) is 0 Å². The average Bonchev–Trinajstić information content (AvgIpc) is 2.97. The van der Waals surface area contributed by atoms with Crippen molar-refractivity contribution in [3.63, 3.8) is 0 Å². The molecule has 0 bridgehead atoms. The number of hydrogen-bond donors (Lipinski definition) is 1. The lowest BCUT2D eigenvalue weighted by atomic mass is 10.1. The van der Waals surface area contributed by atoms with E-state index in [9.17, 15) is 4.79 Å². The summed E-state index contributed by atoms with van der Waals surface area (Å²) in [4.78, 5) is 17.6. The van der Waals surface area contributed by atoms with Crippen LogP contribution in [-0.2, 0) is 19.4 Å². The molecule has 2 aliphatic rings. The molecule has 2 N–H and O–H groups in total. The van der Waals surface area contributed by atoms with Crippen LogP contribution in [0, 0.1) is 0 Å². The maximum Gasteiger partial charge on any atom is 0.197 e. The summed E-state index contributed by atoms with van der Waals surface area (Å²) >= 11 is 0. The molecule has 0 spiro atoms. The lowest BCUT2D eigenvalue weighted by Crippen LogP contribution is -2.46. The fourth-order valence-corrected chi connectivity index (χ4v) is 3.42. The minimum absolute atomic E-state index is 0.361. The van der Waals surface area contributed by atoms with E-state index in [4.69, 9.17) is 5.73 Å². The van der Waals surface area contributed by atoms with E-state index in [-0.39, 0.29) is 0 Å².